The lowest BCUT2D eigenvalue weighted by atomic mass is 10.1. The van der Waals surface area contributed by atoms with E-state index in [1.54, 1.807) is 36.4 Å². The molecule has 1 amide bonds. The Bertz CT molecular complexity index is 1090. The Balaban J connectivity index is 1.90. The minimum Gasteiger partial charge on any atom is -0.495 e. The Kier molecular flexibility index (Phi) is 3.71. The molecule has 0 atom stereocenters. The fourth-order valence-electron chi connectivity index (χ4n) is 2.96. The van der Waals surface area contributed by atoms with E-state index >= 15 is 0 Å². The molecule has 1 aliphatic heterocycles. The van der Waals surface area contributed by atoms with E-state index in [0.717, 1.165) is 0 Å². The summed E-state index contributed by atoms with van der Waals surface area (Å²) in [4.78, 5) is 27.0. The van der Waals surface area contributed by atoms with Gasteiger partial charge in [-0.15, -0.1) is 0 Å². The number of nitrogens with zero attached hydrogens (tertiary/aromatic N) is 1. The van der Waals surface area contributed by atoms with E-state index in [-0.39, 0.29) is 28.3 Å². The lowest BCUT2D eigenvalue weighted by molar-refractivity contribution is 0.0973. The number of methoxy groups -OCH3 is 1. The van der Waals surface area contributed by atoms with Crippen LogP contribution in [0.1, 0.15) is 16.1 Å². The van der Waals surface area contributed by atoms with Crippen molar-refractivity contribution >= 4 is 45.8 Å². The Morgan fingerprint density at radius 2 is 1.96 bits per heavy atom. The number of anilines is 1. The van der Waals surface area contributed by atoms with Crippen LogP contribution in [0.5, 0.6) is 5.75 Å². The molecule has 0 radical (unpaired) electrons. The van der Waals surface area contributed by atoms with Gasteiger partial charge in [-0.1, -0.05) is 29.3 Å². The van der Waals surface area contributed by atoms with E-state index in [4.69, 9.17) is 32.4 Å². The number of hydrogen-bond acceptors (Lipinski definition) is 4. The number of hydrogen-bond donors (Lipinski definition) is 0. The second-order valence-electron chi connectivity index (χ2n) is 5.56. The number of fused-ring (bicyclic) bond motifs is 2. The maximum atomic E-state index is 12.8. The minimum absolute atomic E-state index is 0.00241. The van der Waals surface area contributed by atoms with Gasteiger partial charge in [-0.2, -0.15) is 0 Å². The Morgan fingerprint density at radius 3 is 2.72 bits per heavy atom. The van der Waals surface area contributed by atoms with Crippen LogP contribution >= 0.6 is 23.2 Å². The topological polar surface area (TPSA) is 59.8 Å². The molecule has 5 nitrogen and oxygen atoms in total. The quantitative estimate of drug-likeness (QED) is 0.670. The summed E-state index contributed by atoms with van der Waals surface area (Å²) in [5, 5.41) is 1.12. The van der Waals surface area contributed by atoms with Gasteiger partial charge in [-0.3, -0.25) is 14.5 Å². The van der Waals surface area contributed by atoms with Crippen LogP contribution in [0.25, 0.3) is 11.0 Å². The molecule has 0 unspecified atom stereocenters. The molecule has 0 N–H and O–H groups in total. The number of rotatable bonds is 2. The normalized spacial score (nSPS) is 13.4. The first-order valence-corrected chi connectivity index (χ1v) is 8.16. The summed E-state index contributed by atoms with van der Waals surface area (Å²) in [6.45, 7) is 0.0942. The van der Waals surface area contributed by atoms with Crippen LogP contribution in [0.15, 0.2) is 45.6 Å². The second-order valence-corrected chi connectivity index (χ2v) is 6.41. The van der Waals surface area contributed by atoms with Crippen LogP contribution in [0.3, 0.4) is 0 Å². The number of amides is 1. The zero-order valence-electron chi connectivity index (χ0n) is 13.0. The summed E-state index contributed by atoms with van der Waals surface area (Å²) in [5.74, 6) is 0.0147. The number of ether oxygens (including phenoxy) is 1. The van der Waals surface area contributed by atoms with Gasteiger partial charge in [0.2, 0.25) is 5.76 Å². The molecule has 2 aromatic carbocycles. The summed E-state index contributed by atoms with van der Waals surface area (Å²) >= 11 is 12.1. The van der Waals surface area contributed by atoms with Gasteiger partial charge in [0.1, 0.15) is 5.75 Å². The van der Waals surface area contributed by atoms with Gasteiger partial charge in [0.15, 0.2) is 11.0 Å². The molecular weight excluding hydrogens is 365 g/mol. The van der Waals surface area contributed by atoms with Crippen LogP contribution in [0.4, 0.5) is 5.69 Å². The van der Waals surface area contributed by atoms with E-state index in [1.807, 2.05) is 0 Å². The lowest BCUT2D eigenvalue weighted by Crippen LogP contribution is -2.23. The maximum Gasteiger partial charge on any atom is 0.294 e. The summed E-state index contributed by atoms with van der Waals surface area (Å²) < 4.78 is 11.0. The highest BCUT2D eigenvalue weighted by Crippen LogP contribution is 2.37. The maximum absolute atomic E-state index is 12.8. The highest BCUT2D eigenvalue weighted by molar-refractivity contribution is 6.34. The zero-order chi connectivity index (χ0) is 17.7. The summed E-state index contributed by atoms with van der Waals surface area (Å²) in [7, 11) is 1.49. The molecule has 0 saturated carbocycles. The third-order valence-corrected chi connectivity index (χ3v) is 4.68. The van der Waals surface area contributed by atoms with Gasteiger partial charge in [-0.25, -0.2) is 0 Å². The number of halogens is 2. The van der Waals surface area contributed by atoms with Gasteiger partial charge in [0.25, 0.3) is 5.91 Å². The molecule has 1 aliphatic rings. The molecule has 0 fully saturated rings. The largest absolute Gasteiger partial charge is 0.495 e. The van der Waals surface area contributed by atoms with E-state index in [0.29, 0.717) is 27.4 Å². The number of carbonyl (C=O) groups excluding carboxylic acids is 1. The molecule has 25 heavy (non-hydrogen) atoms. The molecule has 0 aliphatic carbocycles. The van der Waals surface area contributed by atoms with E-state index < -0.39 is 5.91 Å². The molecule has 0 bridgehead atoms. The van der Waals surface area contributed by atoms with Crippen LogP contribution in [0.2, 0.25) is 10.0 Å². The third-order valence-electron chi connectivity index (χ3n) is 4.15. The van der Waals surface area contributed by atoms with Crippen LogP contribution in [-0.2, 0) is 6.54 Å². The fraction of sp³-hybridized carbons (Fsp3) is 0.111. The second kappa shape index (κ2) is 5.79. The summed E-state index contributed by atoms with van der Waals surface area (Å²) in [6, 6.07) is 9.84. The van der Waals surface area contributed by atoms with Crippen molar-refractivity contribution < 1.29 is 13.9 Å². The number of carbonyl (C=O) groups is 1. The van der Waals surface area contributed by atoms with Crippen molar-refractivity contribution in [1.82, 2.24) is 0 Å². The van der Waals surface area contributed by atoms with Crippen LogP contribution in [-0.4, -0.2) is 13.0 Å². The van der Waals surface area contributed by atoms with E-state index in [2.05, 4.69) is 0 Å². The van der Waals surface area contributed by atoms with Crippen molar-refractivity contribution in [3.05, 3.63) is 68.0 Å². The first-order valence-electron chi connectivity index (χ1n) is 7.41. The minimum atomic E-state index is -0.422. The van der Waals surface area contributed by atoms with E-state index in [1.165, 1.54) is 12.0 Å². The number of benzene rings is 2. The van der Waals surface area contributed by atoms with Gasteiger partial charge in [0, 0.05) is 11.1 Å². The SMILES string of the molecule is COc1cc(Cl)ccc1N1Cc2c(oc3c(Cl)cccc3c2=O)C1=O. The summed E-state index contributed by atoms with van der Waals surface area (Å²) in [6.07, 6.45) is 0. The molecule has 1 aromatic heterocycles. The van der Waals surface area contributed by atoms with Crippen molar-refractivity contribution in [1.29, 1.82) is 0 Å². The average molecular weight is 376 g/mol. The standard InChI is InChI=1S/C18H11Cl2NO4/c1-24-14-7-9(19)5-6-13(14)21-8-11-15(22)10-3-2-4-12(20)16(10)25-17(11)18(21)23/h2-7H,8H2,1H3. The van der Waals surface area contributed by atoms with Gasteiger partial charge >= 0.3 is 0 Å². The predicted molar refractivity (Wildman–Crippen MR) is 96.0 cm³/mol. The van der Waals surface area contributed by atoms with Crippen molar-refractivity contribution in [2.75, 3.05) is 12.0 Å². The molecular formula is C18H11Cl2NO4. The molecule has 0 saturated heterocycles. The van der Waals surface area contributed by atoms with Crippen molar-refractivity contribution in [3.8, 4) is 5.75 Å². The van der Waals surface area contributed by atoms with Crippen molar-refractivity contribution in [2.24, 2.45) is 0 Å². The number of para-hydroxylation sites is 1. The highest BCUT2D eigenvalue weighted by Gasteiger charge is 2.35. The van der Waals surface area contributed by atoms with Crippen molar-refractivity contribution in [3.63, 3.8) is 0 Å². The van der Waals surface area contributed by atoms with Gasteiger partial charge in [0.05, 0.1) is 35.3 Å². The Labute approximate surface area is 152 Å². The molecule has 2 heterocycles. The Morgan fingerprint density at radius 1 is 1.16 bits per heavy atom. The fourth-order valence-corrected chi connectivity index (χ4v) is 3.33. The molecule has 126 valence electrons. The predicted octanol–water partition coefficient (Wildman–Crippen LogP) is 4.27. The van der Waals surface area contributed by atoms with Crippen molar-refractivity contribution in [2.45, 2.75) is 6.54 Å². The first-order chi connectivity index (χ1) is 12.0. The highest BCUT2D eigenvalue weighted by atomic mass is 35.5. The lowest BCUT2D eigenvalue weighted by Gasteiger charge is -2.18. The van der Waals surface area contributed by atoms with Gasteiger partial charge < -0.3 is 9.15 Å². The summed E-state index contributed by atoms with van der Waals surface area (Å²) in [5.41, 5.74) is 0.767. The molecule has 0 spiro atoms. The Hall–Kier alpha value is -2.50. The molecule has 7 heteroatoms. The monoisotopic (exact) mass is 375 g/mol. The average Bonchev–Trinajstić information content (AvgIpc) is 2.93. The molecule has 3 aromatic rings. The smallest absolute Gasteiger partial charge is 0.294 e. The zero-order valence-corrected chi connectivity index (χ0v) is 14.5. The van der Waals surface area contributed by atoms with Crippen LogP contribution in [0, 0.1) is 0 Å². The van der Waals surface area contributed by atoms with Gasteiger partial charge in [-0.05, 0) is 24.3 Å². The van der Waals surface area contributed by atoms with Crippen LogP contribution < -0.4 is 15.1 Å². The van der Waals surface area contributed by atoms with E-state index in [9.17, 15) is 9.59 Å². The third kappa shape index (κ3) is 2.39. The molecule has 4 rings (SSSR count). The first kappa shape index (κ1) is 16.0.